The number of hydrogen-bond acceptors (Lipinski definition) is 5. The summed E-state index contributed by atoms with van der Waals surface area (Å²) in [7, 11) is 1.87. The van der Waals surface area contributed by atoms with Gasteiger partial charge >= 0.3 is 0 Å². The summed E-state index contributed by atoms with van der Waals surface area (Å²) in [6.45, 7) is 16.0. The lowest BCUT2D eigenvalue weighted by atomic mass is 9.86. The van der Waals surface area contributed by atoms with Crippen LogP contribution in [0.1, 0.15) is 89.0 Å². The molecule has 2 aromatic rings. The number of aryl methyl sites for hydroxylation is 2. The largest absolute Gasteiger partial charge is 0.465 e. The van der Waals surface area contributed by atoms with Crippen LogP contribution in [-0.2, 0) is 16.1 Å². The predicted octanol–water partition coefficient (Wildman–Crippen LogP) is 7.50. The van der Waals surface area contributed by atoms with Crippen LogP contribution in [0.15, 0.2) is 24.3 Å². The summed E-state index contributed by atoms with van der Waals surface area (Å²) in [5.74, 6) is 2.61. The number of carbonyl (C=O) groups excluding carboxylic acids is 1. The van der Waals surface area contributed by atoms with Gasteiger partial charge in [0, 0.05) is 30.4 Å². The Labute approximate surface area is 236 Å². The Morgan fingerprint density at radius 1 is 1.11 bits per heavy atom. The molecule has 1 N–H and O–H groups in total. The number of anilines is 1. The van der Waals surface area contributed by atoms with Crippen LogP contribution in [0.4, 0.5) is 5.82 Å². The van der Waals surface area contributed by atoms with Gasteiger partial charge in [0.1, 0.15) is 11.9 Å². The standard InChI is InChI=1S/C13H16ClN3.C13H23NO2.C5H12/c1-9-4-5-12(14)7-11(9)8-17-10(2)6-13(15-3)16-17;15-11-16-13-6-4-12(5-7-13)10-14-8-2-1-3-9-14;1-4-5(2)3/h4-7H,8H2,1-3H3,(H,15,16);11-13H,1-10H2;5H,4H2,1-3H3. The van der Waals surface area contributed by atoms with E-state index in [0.29, 0.717) is 6.47 Å². The monoisotopic (exact) mass is 546 g/mol. The Morgan fingerprint density at radius 2 is 1.76 bits per heavy atom. The zero-order valence-corrected chi connectivity index (χ0v) is 25.4. The number of aromatic nitrogens is 2. The smallest absolute Gasteiger partial charge is 0.293 e. The Kier molecular flexibility index (Phi) is 14.8. The molecule has 1 aliphatic heterocycles. The van der Waals surface area contributed by atoms with Crippen molar-refractivity contribution in [2.45, 2.75) is 98.6 Å². The van der Waals surface area contributed by atoms with Crippen molar-refractivity contribution >= 4 is 23.9 Å². The Hall–Kier alpha value is -2.05. The lowest BCUT2D eigenvalue weighted by molar-refractivity contribution is -0.135. The normalized spacial score (nSPS) is 19.6. The molecule has 0 radical (unpaired) electrons. The van der Waals surface area contributed by atoms with E-state index in [-0.39, 0.29) is 6.10 Å². The van der Waals surface area contributed by atoms with Gasteiger partial charge in [0.05, 0.1) is 6.54 Å². The number of halogens is 1. The van der Waals surface area contributed by atoms with Gasteiger partial charge < -0.3 is 15.0 Å². The number of hydrogen-bond donors (Lipinski definition) is 1. The summed E-state index contributed by atoms with van der Waals surface area (Å²) in [6, 6.07) is 7.97. The maximum atomic E-state index is 10.2. The van der Waals surface area contributed by atoms with Gasteiger partial charge in [-0.1, -0.05) is 51.3 Å². The SMILES string of the molecule is CCC(C)C.CNc1cc(C)n(Cc2cc(Cl)ccc2C)n1.O=COC1CCC(CN2CCCCC2)CC1. The van der Waals surface area contributed by atoms with Crippen LogP contribution in [0, 0.1) is 25.7 Å². The van der Waals surface area contributed by atoms with Crippen molar-refractivity contribution in [2.75, 3.05) is 32.0 Å². The van der Waals surface area contributed by atoms with E-state index in [1.165, 1.54) is 69.3 Å². The second-order valence-corrected chi connectivity index (χ2v) is 11.6. The molecule has 6 nitrogen and oxygen atoms in total. The quantitative estimate of drug-likeness (QED) is 0.347. The molecule has 0 amide bonds. The van der Waals surface area contributed by atoms with Crippen molar-refractivity contribution in [1.82, 2.24) is 14.7 Å². The molecule has 7 heteroatoms. The van der Waals surface area contributed by atoms with Crippen molar-refractivity contribution in [1.29, 1.82) is 0 Å². The van der Waals surface area contributed by atoms with Crippen LogP contribution in [0.2, 0.25) is 5.02 Å². The zero-order chi connectivity index (χ0) is 27.9. The Morgan fingerprint density at radius 3 is 2.32 bits per heavy atom. The van der Waals surface area contributed by atoms with Crippen LogP contribution in [0.25, 0.3) is 0 Å². The van der Waals surface area contributed by atoms with Crippen molar-refractivity contribution in [2.24, 2.45) is 11.8 Å². The van der Waals surface area contributed by atoms with E-state index in [0.717, 1.165) is 47.8 Å². The molecule has 0 unspecified atom stereocenters. The molecule has 0 atom stereocenters. The van der Waals surface area contributed by atoms with Crippen LogP contribution in [0.5, 0.6) is 0 Å². The van der Waals surface area contributed by atoms with Crippen LogP contribution in [-0.4, -0.2) is 53.9 Å². The van der Waals surface area contributed by atoms with Gasteiger partial charge in [-0.15, -0.1) is 0 Å². The summed E-state index contributed by atoms with van der Waals surface area (Å²) >= 11 is 6.01. The fraction of sp³-hybridized carbons (Fsp3) is 0.677. The molecule has 1 aromatic heterocycles. The molecule has 2 aliphatic rings. The number of nitrogens with one attached hydrogen (secondary N) is 1. The van der Waals surface area contributed by atoms with E-state index in [1.807, 2.05) is 42.9 Å². The minimum Gasteiger partial charge on any atom is -0.465 e. The Balaban J connectivity index is 0.000000228. The van der Waals surface area contributed by atoms with E-state index in [1.54, 1.807) is 0 Å². The number of benzene rings is 1. The van der Waals surface area contributed by atoms with Crippen LogP contribution in [0.3, 0.4) is 0 Å². The molecular formula is C31H51ClN4O2. The molecular weight excluding hydrogens is 496 g/mol. The fourth-order valence-corrected chi connectivity index (χ4v) is 5.00. The van der Waals surface area contributed by atoms with Crippen molar-refractivity contribution in [3.8, 4) is 0 Å². The number of likely N-dealkylation sites (tertiary alicyclic amines) is 1. The van der Waals surface area contributed by atoms with Gasteiger partial charge in [-0.3, -0.25) is 9.48 Å². The lowest BCUT2D eigenvalue weighted by Gasteiger charge is -2.33. The average Bonchev–Trinajstić information content (AvgIpc) is 3.28. The average molecular weight is 547 g/mol. The third kappa shape index (κ3) is 11.8. The molecule has 1 aliphatic carbocycles. The van der Waals surface area contributed by atoms with Crippen molar-refractivity contribution < 1.29 is 9.53 Å². The Bertz CT molecular complexity index is 932. The maximum Gasteiger partial charge on any atom is 0.293 e. The lowest BCUT2D eigenvalue weighted by Crippen LogP contribution is -2.36. The summed E-state index contributed by atoms with van der Waals surface area (Å²) < 4.78 is 7.00. The first-order chi connectivity index (χ1) is 18.2. The minimum atomic E-state index is 0.204. The van der Waals surface area contributed by atoms with E-state index < -0.39 is 0 Å². The summed E-state index contributed by atoms with van der Waals surface area (Å²) in [5.41, 5.74) is 3.57. The van der Waals surface area contributed by atoms with Gasteiger partial charge in [-0.2, -0.15) is 5.10 Å². The molecule has 214 valence electrons. The summed E-state index contributed by atoms with van der Waals surface area (Å²) in [4.78, 5) is 12.9. The molecule has 0 bridgehead atoms. The molecule has 4 rings (SSSR count). The summed E-state index contributed by atoms with van der Waals surface area (Å²) in [6.07, 6.45) is 10.3. The van der Waals surface area contributed by atoms with Crippen LogP contribution < -0.4 is 5.32 Å². The van der Waals surface area contributed by atoms with Gasteiger partial charge in [0.25, 0.3) is 6.47 Å². The third-order valence-corrected chi connectivity index (χ3v) is 7.93. The topological polar surface area (TPSA) is 59.4 Å². The van der Waals surface area contributed by atoms with E-state index in [2.05, 4.69) is 43.0 Å². The number of rotatable bonds is 8. The number of carbonyl (C=O) groups is 1. The second kappa shape index (κ2) is 17.5. The number of ether oxygens (including phenoxy) is 1. The zero-order valence-electron chi connectivity index (χ0n) is 24.6. The predicted molar refractivity (Wildman–Crippen MR) is 160 cm³/mol. The first-order valence-corrected chi connectivity index (χ1v) is 14.9. The van der Waals surface area contributed by atoms with E-state index >= 15 is 0 Å². The van der Waals surface area contributed by atoms with Crippen molar-refractivity contribution in [3.05, 3.63) is 46.1 Å². The highest BCUT2D eigenvalue weighted by molar-refractivity contribution is 6.30. The molecule has 0 spiro atoms. The first kappa shape index (κ1) is 32.2. The highest BCUT2D eigenvalue weighted by atomic mass is 35.5. The first-order valence-electron chi connectivity index (χ1n) is 14.5. The summed E-state index contributed by atoms with van der Waals surface area (Å²) in [5, 5.41) is 8.27. The second-order valence-electron chi connectivity index (χ2n) is 11.2. The van der Waals surface area contributed by atoms with E-state index in [4.69, 9.17) is 16.3 Å². The van der Waals surface area contributed by atoms with Crippen molar-refractivity contribution in [3.63, 3.8) is 0 Å². The molecule has 2 heterocycles. The van der Waals surface area contributed by atoms with Gasteiger partial charge in [-0.05, 0) is 101 Å². The molecule has 1 saturated carbocycles. The minimum absolute atomic E-state index is 0.204. The number of nitrogens with zero attached hydrogens (tertiary/aromatic N) is 3. The molecule has 1 aromatic carbocycles. The van der Waals surface area contributed by atoms with Gasteiger partial charge in [-0.25, -0.2) is 0 Å². The number of piperidine rings is 1. The molecule has 2 fully saturated rings. The third-order valence-electron chi connectivity index (χ3n) is 7.69. The highest BCUT2D eigenvalue weighted by Crippen LogP contribution is 2.27. The molecule has 1 saturated heterocycles. The molecule has 38 heavy (non-hydrogen) atoms. The van der Waals surface area contributed by atoms with Gasteiger partial charge in [0.15, 0.2) is 0 Å². The van der Waals surface area contributed by atoms with Crippen LogP contribution >= 0.6 is 11.6 Å². The van der Waals surface area contributed by atoms with Gasteiger partial charge in [0.2, 0.25) is 0 Å². The highest BCUT2D eigenvalue weighted by Gasteiger charge is 2.24. The van der Waals surface area contributed by atoms with E-state index in [9.17, 15) is 4.79 Å². The maximum absolute atomic E-state index is 10.2. The fourth-order valence-electron chi connectivity index (χ4n) is 4.80.